The first-order chi connectivity index (χ1) is 22.3. The molecule has 47 heavy (non-hydrogen) atoms. The Bertz CT molecular complexity index is 2050. The van der Waals surface area contributed by atoms with Gasteiger partial charge in [-0.2, -0.15) is 0 Å². The molecule has 0 bridgehead atoms. The molecule has 17 heteroatoms. The minimum atomic E-state index is -4.86. The van der Waals surface area contributed by atoms with E-state index in [2.05, 4.69) is 20.2 Å². The largest absolute Gasteiger partial charge is 0.377 e. The highest BCUT2D eigenvalue weighted by Crippen LogP contribution is 2.48. The monoisotopic (exact) mass is 706 g/mol. The number of benzene rings is 2. The summed E-state index contributed by atoms with van der Waals surface area (Å²) in [5.41, 5.74) is -0.0167. The number of ether oxygens (including phenoxy) is 1. The van der Waals surface area contributed by atoms with Gasteiger partial charge in [-0.1, -0.05) is 23.5 Å². The van der Waals surface area contributed by atoms with Crippen molar-refractivity contribution in [2.75, 3.05) is 39.7 Å². The Kier molecular flexibility index (Phi) is 7.92. The van der Waals surface area contributed by atoms with Gasteiger partial charge in [0, 0.05) is 17.8 Å². The molecule has 0 unspecified atom stereocenters. The molecule has 1 saturated carbocycles. The Hall–Kier alpha value is -3.80. The summed E-state index contributed by atoms with van der Waals surface area (Å²) in [5.74, 6) is -3.12. The van der Waals surface area contributed by atoms with Crippen LogP contribution in [0.1, 0.15) is 13.8 Å². The Morgan fingerprint density at radius 2 is 1.62 bits per heavy atom. The molecule has 5 atom stereocenters. The maximum absolute atomic E-state index is 16.3. The van der Waals surface area contributed by atoms with E-state index in [-0.39, 0.29) is 58.7 Å². The second kappa shape index (κ2) is 11.7. The van der Waals surface area contributed by atoms with Crippen LogP contribution in [0.25, 0.3) is 21.8 Å². The smallest absolute Gasteiger partial charge is 0.267 e. The van der Waals surface area contributed by atoms with Gasteiger partial charge in [0.2, 0.25) is 5.95 Å². The molecule has 11 nitrogen and oxygen atoms in total. The van der Waals surface area contributed by atoms with Crippen molar-refractivity contribution >= 4 is 48.0 Å². The van der Waals surface area contributed by atoms with Crippen molar-refractivity contribution in [1.29, 1.82) is 0 Å². The fourth-order valence-corrected chi connectivity index (χ4v) is 11.0. The van der Waals surface area contributed by atoms with Crippen molar-refractivity contribution in [2.24, 2.45) is 11.8 Å². The van der Waals surface area contributed by atoms with Crippen LogP contribution in [0.2, 0.25) is 0 Å². The summed E-state index contributed by atoms with van der Waals surface area (Å²) in [7, 11) is -7.89. The van der Waals surface area contributed by atoms with E-state index in [0.717, 1.165) is 24.3 Å². The predicted molar refractivity (Wildman–Crippen MR) is 171 cm³/mol. The van der Waals surface area contributed by atoms with E-state index in [9.17, 15) is 25.6 Å². The van der Waals surface area contributed by atoms with Crippen molar-refractivity contribution in [3.63, 3.8) is 0 Å². The van der Waals surface area contributed by atoms with Gasteiger partial charge < -0.3 is 15.0 Å². The van der Waals surface area contributed by atoms with Gasteiger partial charge in [-0.05, 0) is 56.0 Å². The molecule has 0 radical (unpaired) electrons. The van der Waals surface area contributed by atoms with Gasteiger partial charge in [0.15, 0.2) is 25.7 Å². The number of sulfone groups is 1. The lowest BCUT2D eigenvalue weighted by Crippen LogP contribution is -2.49. The number of morpholine rings is 1. The van der Waals surface area contributed by atoms with Gasteiger partial charge >= 0.3 is 0 Å². The number of halogens is 3. The average Bonchev–Trinajstić information content (AvgIpc) is 3.29. The van der Waals surface area contributed by atoms with Crippen LogP contribution in [0.4, 0.5) is 29.9 Å². The maximum Gasteiger partial charge on any atom is 0.267 e. The summed E-state index contributed by atoms with van der Waals surface area (Å²) < 4.78 is 103. The fourth-order valence-electron chi connectivity index (χ4n) is 6.36. The number of rotatable bonds is 8. The van der Waals surface area contributed by atoms with Gasteiger partial charge in [-0.15, -0.1) is 0 Å². The highest BCUT2D eigenvalue weighted by Gasteiger charge is 2.59. The van der Waals surface area contributed by atoms with Crippen LogP contribution >= 0.6 is 11.3 Å². The van der Waals surface area contributed by atoms with E-state index in [1.54, 1.807) is 6.07 Å². The highest BCUT2D eigenvalue weighted by atomic mass is 32.2. The van der Waals surface area contributed by atoms with Crippen LogP contribution in [0.5, 0.6) is 0 Å². The zero-order chi connectivity index (χ0) is 33.2. The topological polar surface area (TPSA) is 143 Å². The molecule has 3 aliphatic rings. The first-order valence-corrected chi connectivity index (χ1v) is 18.9. The molecule has 2 N–H and O–H groups in total. The summed E-state index contributed by atoms with van der Waals surface area (Å²) in [6.07, 6.45) is 1.53. The van der Waals surface area contributed by atoms with Gasteiger partial charge in [0.25, 0.3) is 10.0 Å². The molecule has 248 valence electrons. The SMILES string of the molecule is C[C@H]1COC[C@H](C)N1c1nc(-c2cccc(NS(=O)(=O)c3c(F)cccc3F)c2F)c(-c2ccnc(N[C@H]3[C@@H]4CS(=O)(=O)C[C@@H]43)n2)s1. The van der Waals surface area contributed by atoms with Crippen molar-refractivity contribution in [3.8, 4) is 21.8 Å². The molecule has 2 saturated heterocycles. The molecule has 0 spiro atoms. The van der Waals surface area contributed by atoms with Gasteiger partial charge in [-0.3, -0.25) is 4.72 Å². The minimum absolute atomic E-state index is 0.000528. The second-order valence-electron chi connectivity index (χ2n) is 12.0. The van der Waals surface area contributed by atoms with Crippen LogP contribution in [0.3, 0.4) is 0 Å². The third-order valence-corrected chi connectivity index (χ3v) is 12.9. The highest BCUT2D eigenvalue weighted by molar-refractivity contribution is 7.92. The van der Waals surface area contributed by atoms with E-state index in [1.807, 2.05) is 18.6 Å². The number of fused-ring (bicyclic) bond motifs is 1. The lowest BCUT2D eigenvalue weighted by molar-refractivity contribution is 0.0756. The second-order valence-corrected chi connectivity index (χ2v) is 16.7. The van der Waals surface area contributed by atoms with E-state index < -0.39 is 47.9 Å². The fraction of sp³-hybridized carbons (Fsp3) is 0.367. The molecule has 4 aromatic rings. The van der Waals surface area contributed by atoms with E-state index >= 15 is 4.39 Å². The number of aromatic nitrogens is 3. The first kappa shape index (κ1) is 31.8. The van der Waals surface area contributed by atoms with E-state index in [4.69, 9.17) is 9.72 Å². The van der Waals surface area contributed by atoms with Crippen LogP contribution < -0.4 is 14.9 Å². The molecular weight excluding hydrogens is 678 g/mol. The number of nitrogens with zero attached hydrogens (tertiary/aromatic N) is 4. The molecule has 4 heterocycles. The van der Waals surface area contributed by atoms with Gasteiger partial charge in [0.05, 0.1) is 58.8 Å². The first-order valence-electron chi connectivity index (χ1n) is 14.8. The number of thiazole rings is 1. The van der Waals surface area contributed by atoms with Crippen molar-refractivity contribution < 1.29 is 34.7 Å². The van der Waals surface area contributed by atoms with Crippen molar-refractivity contribution in [1.82, 2.24) is 15.0 Å². The average molecular weight is 707 g/mol. The standard InChI is InChI=1S/C30H29F3N6O5S3/c1-15-11-44-12-16(2)39(15)30-37-26(17-5-3-8-22(24(17)33)38-47(42,43)28-20(31)6-4-7-21(28)32)27(45-30)23-9-10-34-29(35-23)36-25-18-13-46(40,41)14-19(18)25/h3-10,15-16,18-19,25,38H,11-14H2,1-2H3,(H,34,35,36)/t15-,16-,18-,19+,25+/m0/s1. The maximum atomic E-state index is 16.3. The third kappa shape index (κ3) is 5.93. The summed E-state index contributed by atoms with van der Waals surface area (Å²) in [4.78, 5) is 15.1. The molecule has 3 fully saturated rings. The quantitative estimate of drug-likeness (QED) is 0.268. The molecule has 2 aliphatic heterocycles. The number of hydrogen-bond acceptors (Lipinski definition) is 11. The van der Waals surface area contributed by atoms with Crippen LogP contribution in [0, 0.1) is 29.3 Å². The lowest BCUT2D eigenvalue weighted by Gasteiger charge is -2.38. The van der Waals surface area contributed by atoms with Crippen LogP contribution in [-0.2, 0) is 24.6 Å². The normalized spacial score (nSPS) is 25.0. The molecule has 7 rings (SSSR count). The summed E-state index contributed by atoms with van der Waals surface area (Å²) in [6.45, 7) is 4.86. The predicted octanol–water partition coefficient (Wildman–Crippen LogP) is 4.55. The summed E-state index contributed by atoms with van der Waals surface area (Å²) in [5, 5.41) is 3.80. The molecule has 1 aliphatic carbocycles. The van der Waals surface area contributed by atoms with Gasteiger partial charge in [0.1, 0.15) is 11.6 Å². The summed E-state index contributed by atoms with van der Waals surface area (Å²) in [6, 6.07) is 8.05. The van der Waals surface area contributed by atoms with Crippen LogP contribution in [0.15, 0.2) is 53.6 Å². The Morgan fingerprint density at radius 1 is 0.957 bits per heavy atom. The lowest BCUT2D eigenvalue weighted by atomic mass is 10.1. The van der Waals surface area contributed by atoms with Crippen molar-refractivity contribution in [2.45, 2.75) is 36.9 Å². The Labute approximate surface area is 273 Å². The Balaban J connectivity index is 1.28. The van der Waals surface area contributed by atoms with Gasteiger partial charge in [-0.25, -0.2) is 45.0 Å². The zero-order valence-corrected chi connectivity index (χ0v) is 27.5. The van der Waals surface area contributed by atoms with Crippen LogP contribution in [-0.4, -0.2) is 74.6 Å². The third-order valence-electron chi connectivity index (χ3n) is 8.60. The minimum Gasteiger partial charge on any atom is -0.377 e. The molecule has 0 amide bonds. The Morgan fingerprint density at radius 3 is 2.30 bits per heavy atom. The molecule has 2 aromatic carbocycles. The summed E-state index contributed by atoms with van der Waals surface area (Å²) >= 11 is 1.27. The number of sulfonamides is 1. The molecular formula is C30H29F3N6O5S3. The van der Waals surface area contributed by atoms with E-state index in [1.165, 1.54) is 29.7 Å². The molecule has 2 aromatic heterocycles. The number of anilines is 3. The number of nitrogens with one attached hydrogen (secondary N) is 2. The van der Waals surface area contributed by atoms with E-state index in [0.29, 0.717) is 28.9 Å². The van der Waals surface area contributed by atoms with Crippen molar-refractivity contribution in [3.05, 3.63) is 66.1 Å². The number of hydrogen-bond donors (Lipinski definition) is 2. The zero-order valence-electron chi connectivity index (χ0n) is 25.0.